The molecule has 0 atom stereocenters. The van der Waals surface area contributed by atoms with Crippen molar-refractivity contribution in [1.82, 2.24) is 0 Å². The maximum atomic E-state index is 13.6. The summed E-state index contributed by atoms with van der Waals surface area (Å²) in [4.78, 5) is 0. The van der Waals surface area contributed by atoms with Crippen LogP contribution in [-0.2, 0) is 6.54 Å². The van der Waals surface area contributed by atoms with Crippen molar-refractivity contribution in [2.45, 2.75) is 13.5 Å². The second-order valence-electron chi connectivity index (χ2n) is 3.95. The predicted molar refractivity (Wildman–Crippen MR) is 72.8 cm³/mol. The maximum absolute atomic E-state index is 13.6. The maximum Gasteiger partial charge on any atom is 0.165 e. The highest BCUT2D eigenvalue weighted by Crippen LogP contribution is 2.28. The number of para-hydroxylation sites is 1. The van der Waals surface area contributed by atoms with Gasteiger partial charge in [-0.2, -0.15) is 0 Å². The molecule has 0 unspecified atom stereocenters. The average Bonchev–Trinajstić information content (AvgIpc) is 2.36. The van der Waals surface area contributed by atoms with E-state index in [-0.39, 0.29) is 30.5 Å². The Bertz CT molecular complexity index is 575. The fraction of sp³-hybridized carbons (Fsp3) is 0.143. The van der Waals surface area contributed by atoms with Gasteiger partial charge in [0, 0.05) is 18.2 Å². The Hall–Kier alpha value is -1.65. The fourth-order valence-electron chi connectivity index (χ4n) is 1.64. The molecule has 102 valence electrons. The summed E-state index contributed by atoms with van der Waals surface area (Å²) in [5.41, 5.74) is 6.52. The Morgan fingerprint density at radius 1 is 1.05 bits per heavy atom. The second kappa shape index (κ2) is 6.50. The Kier molecular flexibility index (Phi) is 5.27. The third-order valence-corrected chi connectivity index (χ3v) is 2.62. The van der Waals surface area contributed by atoms with Crippen molar-refractivity contribution in [3.63, 3.8) is 0 Å². The lowest BCUT2D eigenvalue weighted by Crippen LogP contribution is -2.01. The zero-order chi connectivity index (χ0) is 13.1. The van der Waals surface area contributed by atoms with Crippen LogP contribution in [-0.4, -0.2) is 0 Å². The summed E-state index contributed by atoms with van der Waals surface area (Å²) in [6, 6.07) is 8.82. The van der Waals surface area contributed by atoms with Crippen molar-refractivity contribution in [2.24, 2.45) is 5.73 Å². The van der Waals surface area contributed by atoms with Crippen molar-refractivity contribution in [1.29, 1.82) is 0 Å². The number of rotatable bonds is 3. The summed E-state index contributed by atoms with van der Waals surface area (Å²) >= 11 is 0. The quantitative estimate of drug-likeness (QED) is 0.927. The first-order chi connectivity index (χ1) is 8.61. The van der Waals surface area contributed by atoms with Crippen LogP contribution in [0, 0.1) is 18.6 Å². The van der Waals surface area contributed by atoms with Gasteiger partial charge in [0.1, 0.15) is 11.6 Å². The highest BCUT2D eigenvalue weighted by molar-refractivity contribution is 5.85. The van der Waals surface area contributed by atoms with Gasteiger partial charge >= 0.3 is 0 Å². The van der Waals surface area contributed by atoms with Gasteiger partial charge in [-0.15, -0.1) is 12.4 Å². The summed E-state index contributed by atoms with van der Waals surface area (Å²) in [7, 11) is 0. The Labute approximate surface area is 116 Å². The normalized spacial score (nSPS) is 9.89. The first kappa shape index (κ1) is 15.4. The zero-order valence-electron chi connectivity index (χ0n) is 10.3. The molecule has 0 saturated heterocycles. The Morgan fingerprint density at radius 2 is 1.74 bits per heavy atom. The molecule has 0 aliphatic rings. The summed E-state index contributed by atoms with van der Waals surface area (Å²) in [6.45, 7) is 1.88. The van der Waals surface area contributed by atoms with Crippen molar-refractivity contribution in [3.8, 4) is 11.5 Å². The molecule has 0 amide bonds. The number of hydrogen-bond donors (Lipinski definition) is 1. The first-order valence-corrected chi connectivity index (χ1v) is 5.53. The van der Waals surface area contributed by atoms with Crippen LogP contribution in [0.1, 0.15) is 11.1 Å². The standard InChI is InChI=1S/C14H13F2NO.ClH/c1-9-6-10(8-17)12(16)7-14(9)18-13-5-3-2-4-11(13)15;/h2-7H,8,17H2,1H3;1H. The molecule has 0 aliphatic heterocycles. The van der Waals surface area contributed by atoms with E-state index in [9.17, 15) is 8.78 Å². The van der Waals surface area contributed by atoms with Gasteiger partial charge in [-0.1, -0.05) is 12.1 Å². The average molecular weight is 286 g/mol. The van der Waals surface area contributed by atoms with Gasteiger partial charge < -0.3 is 10.5 Å². The Morgan fingerprint density at radius 3 is 2.37 bits per heavy atom. The molecule has 0 spiro atoms. The summed E-state index contributed by atoms with van der Waals surface area (Å²) in [5.74, 6) is -0.579. The lowest BCUT2D eigenvalue weighted by Gasteiger charge is -2.11. The van der Waals surface area contributed by atoms with Gasteiger partial charge in [-0.25, -0.2) is 8.78 Å². The number of aryl methyl sites for hydroxylation is 1. The van der Waals surface area contributed by atoms with Gasteiger partial charge in [-0.3, -0.25) is 0 Å². The second-order valence-corrected chi connectivity index (χ2v) is 3.95. The molecule has 2 rings (SSSR count). The van der Waals surface area contributed by atoms with E-state index in [4.69, 9.17) is 10.5 Å². The van der Waals surface area contributed by atoms with Gasteiger partial charge in [-0.05, 0) is 30.7 Å². The Balaban J connectivity index is 0.00000180. The van der Waals surface area contributed by atoms with E-state index in [1.54, 1.807) is 25.1 Å². The van der Waals surface area contributed by atoms with Crippen molar-refractivity contribution < 1.29 is 13.5 Å². The number of nitrogens with two attached hydrogens (primary N) is 1. The number of ether oxygens (including phenoxy) is 1. The molecule has 2 nitrogen and oxygen atoms in total. The number of halogens is 3. The van der Waals surface area contributed by atoms with E-state index < -0.39 is 11.6 Å². The molecule has 2 aromatic carbocycles. The fourth-order valence-corrected chi connectivity index (χ4v) is 1.64. The van der Waals surface area contributed by atoms with Crippen LogP contribution in [0.25, 0.3) is 0 Å². The van der Waals surface area contributed by atoms with Gasteiger partial charge in [0.25, 0.3) is 0 Å². The van der Waals surface area contributed by atoms with Crippen LogP contribution in [0.4, 0.5) is 8.78 Å². The molecule has 5 heteroatoms. The topological polar surface area (TPSA) is 35.2 Å². The van der Waals surface area contributed by atoms with Crippen LogP contribution < -0.4 is 10.5 Å². The van der Waals surface area contributed by atoms with Crippen LogP contribution in [0.2, 0.25) is 0 Å². The van der Waals surface area contributed by atoms with Crippen LogP contribution >= 0.6 is 12.4 Å². The first-order valence-electron chi connectivity index (χ1n) is 5.53. The molecule has 0 saturated carbocycles. The molecule has 0 heterocycles. The van der Waals surface area contributed by atoms with Crippen LogP contribution in [0.15, 0.2) is 36.4 Å². The van der Waals surface area contributed by atoms with E-state index in [0.29, 0.717) is 11.1 Å². The summed E-state index contributed by atoms with van der Waals surface area (Å²) in [6.07, 6.45) is 0. The predicted octanol–water partition coefficient (Wildman–Crippen LogP) is 3.95. The molecular weight excluding hydrogens is 272 g/mol. The molecule has 0 aliphatic carbocycles. The van der Waals surface area contributed by atoms with E-state index in [2.05, 4.69) is 0 Å². The van der Waals surface area contributed by atoms with E-state index >= 15 is 0 Å². The minimum absolute atomic E-state index is 0. The molecular formula is C14H14ClF2NO. The summed E-state index contributed by atoms with van der Waals surface area (Å²) in [5, 5.41) is 0. The number of benzene rings is 2. The molecule has 19 heavy (non-hydrogen) atoms. The van der Waals surface area contributed by atoms with Gasteiger partial charge in [0.15, 0.2) is 11.6 Å². The monoisotopic (exact) mass is 285 g/mol. The highest BCUT2D eigenvalue weighted by Gasteiger charge is 2.10. The van der Waals surface area contributed by atoms with Crippen molar-refractivity contribution in [2.75, 3.05) is 0 Å². The van der Waals surface area contributed by atoms with E-state index in [1.165, 1.54) is 18.2 Å². The third kappa shape index (κ3) is 3.43. The highest BCUT2D eigenvalue weighted by atomic mass is 35.5. The van der Waals surface area contributed by atoms with Gasteiger partial charge in [0.05, 0.1) is 0 Å². The van der Waals surface area contributed by atoms with E-state index in [0.717, 1.165) is 0 Å². The zero-order valence-corrected chi connectivity index (χ0v) is 11.1. The van der Waals surface area contributed by atoms with Crippen LogP contribution in [0.3, 0.4) is 0 Å². The largest absolute Gasteiger partial charge is 0.454 e. The molecule has 0 fully saturated rings. The molecule has 2 aromatic rings. The van der Waals surface area contributed by atoms with E-state index in [1.807, 2.05) is 0 Å². The minimum atomic E-state index is -0.486. The molecule has 0 aromatic heterocycles. The third-order valence-electron chi connectivity index (χ3n) is 2.62. The molecule has 2 N–H and O–H groups in total. The smallest absolute Gasteiger partial charge is 0.165 e. The SMILES string of the molecule is Cc1cc(CN)c(F)cc1Oc1ccccc1F.Cl. The molecule has 0 bridgehead atoms. The lowest BCUT2D eigenvalue weighted by molar-refractivity contribution is 0.435. The summed E-state index contributed by atoms with van der Waals surface area (Å²) < 4.78 is 32.4. The molecule has 0 radical (unpaired) electrons. The lowest BCUT2D eigenvalue weighted by atomic mass is 10.1. The minimum Gasteiger partial charge on any atom is -0.454 e. The number of hydrogen-bond acceptors (Lipinski definition) is 2. The van der Waals surface area contributed by atoms with Crippen molar-refractivity contribution >= 4 is 12.4 Å². The van der Waals surface area contributed by atoms with Crippen LogP contribution in [0.5, 0.6) is 11.5 Å². The van der Waals surface area contributed by atoms with Gasteiger partial charge in [0.2, 0.25) is 0 Å². The van der Waals surface area contributed by atoms with Crippen molar-refractivity contribution in [3.05, 3.63) is 59.2 Å².